The fourth-order valence-corrected chi connectivity index (χ4v) is 3.19. The number of benzene rings is 1. The quantitative estimate of drug-likeness (QED) is 0.718. The molecule has 1 amide bonds. The number of halogens is 1. The summed E-state index contributed by atoms with van der Waals surface area (Å²) in [6.07, 6.45) is 1.61. The number of hydrogen-bond donors (Lipinski definition) is 1. The van der Waals surface area contributed by atoms with E-state index in [1.165, 1.54) is 11.3 Å². The molecule has 2 heterocycles. The molecule has 3 aromatic rings. The van der Waals surface area contributed by atoms with Crippen molar-refractivity contribution in [2.75, 3.05) is 6.61 Å². The van der Waals surface area contributed by atoms with Crippen LogP contribution in [0.5, 0.6) is 5.75 Å². The highest BCUT2D eigenvalue weighted by molar-refractivity contribution is 7.15. The highest BCUT2D eigenvalue weighted by atomic mass is 35.5. The Morgan fingerprint density at radius 1 is 1.33 bits per heavy atom. The van der Waals surface area contributed by atoms with Crippen molar-refractivity contribution in [1.29, 1.82) is 0 Å². The monoisotopic (exact) mass is 362 g/mol. The molecule has 0 saturated heterocycles. The van der Waals surface area contributed by atoms with Gasteiger partial charge < -0.3 is 14.5 Å². The molecule has 0 fully saturated rings. The van der Waals surface area contributed by atoms with Gasteiger partial charge in [0.05, 0.1) is 23.5 Å². The van der Waals surface area contributed by atoms with Crippen LogP contribution >= 0.6 is 22.9 Å². The summed E-state index contributed by atoms with van der Waals surface area (Å²) in [5.41, 5.74) is 0.874. The van der Waals surface area contributed by atoms with Crippen LogP contribution in [-0.2, 0) is 11.3 Å². The minimum atomic E-state index is -0.220. The average Bonchev–Trinajstić information content (AvgIpc) is 3.22. The molecule has 0 unspecified atom stereocenters. The first kappa shape index (κ1) is 16.5. The van der Waals surface area contributed by atoms with Crippen LogP contribution in [0.3, 0.4) is 0 Å². The summed E-state index contributed by atoms with van der Waals surface area (Å²) in [6.45, 7) is 2.21. The largest absolute Gasteiger partial charge is 0.482 e. The van der Waals surface area contributed by atoms with Gasteiger partial charge in [-0.25, -0.2) is 4.98 Å². The summed E-state index contributed by atoms with van der Waals surface area (Å²) in [5, 5.41) is 4.10. The number of aromatic nitrogens is 1. The van der Waals surface area contributed by atoms with E-state index in [0.29, 0.717) is 17.3 Å². The van der Waals surface area contributed by atoms with Crippen molar-refractivity contribution >= 4 is 28.8 Å². The Balaban J connectivity index is 1.54. The second kappa shape index (κ2) is 7.51. The van der Waals surface area contributed by atoms with Gasteiger partial charge in [-0.3, -0.25) is 4.79 Å². The third-order valence-electron chi connectivity index (χ3n) is 3.27. The molecular weight excluding hydrogens is 348 g/mol. The van der Waals surface area contributed by atoms with E-state index in [2.05, 4.69) is 10.3 Å². The zero-order chi connectivity index (χ0) is 16.9. The molecule has 2 aromatic heterocycles. The molecule has 0 aliphatic carbocycles. The normalized spacial score (nSPS) is 10.6. The molecular formula is C17H15ClN2O3S. The molecule has 0 radical (unpaired) electrons. The Labute approximate surface area is 148 Å². The summed E-state index contributed by atoms with van der Waals surface area (Å²) < 4.78 is 10.8. The third-order valence-corrected chi connectivity index (χ3v) is 4.75. The third kappa shape index (κ3) is 3.96. The van der Waals surface area contributed by atoms with Crippen molar-refractivity contribution in [3.8, 4) is 16.5 Å². The van der Waals surface area contributed by atoms with Crippen molar-refractivity contribution in [1.82, 2.24) is 10.3 Å². The van der Waals surface area contributed by atoms with Crippen LogP contribution < -0.4 is 10.1 Å². The fourth-order valence-electron chi connectivity index (χ4n) is 2.03. The highest BCUT2D eigenvalue weighted by Gasteiger charge is 2.12. The van der Waals surface area contributed by atoms with Crippen molar-refractivity contribution in [3.05, 3.63) is 58.3 Å². The molecule has 24 heavy (non-hydrogen) atoms. The van der Waals surface area contributed by atoms with Crippen LogP contribution in [0, 0.1) is 6.92 Å². The number of nitrogens with one attached hydrogen (secondary N) is 1. The molecule has 0 aliphatic rings. The van der Waals surface area contributed by atoms with Crippen LogP contribution in [0.25, 0.3) is 10.8 Å². The Morgan fingerprint density at radius 2 is 2.17 bits per heavy atom. The minimum Gasteiger partial charge on any atom is -0.482 e. The van der Waals surface area contributed by atoms with Crippen molar-refractivity contribution in [2.45, 2.75) is 13.5 Å². The lowest BCUT2D eigenvalue weighted by atomic mass is 10.3. The fraction of sp³-hybridized carbons (Fsp3) is 0.176. The van der Waals surface area contributed by atoms with E-state index < -0.39 is 0 Å². The Bertz CT molecular complexity index is 830. The summed E-state index contributed by atoms with van der Waals surface area (Å²) >= 11 is 7.48. The summed E-state index contributed by atoms with van der Waals surface area (Å²) in [4.78, 5) is 17.4. The van der Waals surface area contributed by atoms with Gasteiger partial charge in [0.1, 0.15) is 5.75 Å². The molecule has 0 aliphatic heterocycles. The number of rotatable bonds is 6. The topological polar surface area (TPSA) is 64.4 Å². The van der Waals surface area contributed by atoms with Gasteiger partial charge in [-0.15, -0.1) is 11.3 Å². The van der Waals surface area contributed by atoms with E-state index in [-0.39, 0.29) is 12.5 Å². The van der Waals surface area contributed by atoms with Gasteiger partial charge in [0.25, 0.3) is 5.91 Å². The smallest absolute Gasteiger partial charge is 0.258 e. The first-order chi connectivity index (χ1) is 11.6. The minimum absolute atomic E-state index is 0.0906. The maximum atomic E-state index is 11.9. The average molecular weight is 363 g/mol. The van der Waals surface area contributed by atoms with E-state index >= 15 is 0 Å². The highest BCUT2D eigenvalue weighted by Crippen LogP contribution is 2.28. The lowest BCUT2D eigenvalue weighted by molar-refractivity contribution is -0.123. The molecule has 124 valence electrons. The van der Waals surface area contributed by atoms with Crippen molar-refractivity contribution < 1.29 is 13.9 Å². The van der Waals surface area contributed by atoms with Crippen LogP contribution in [0.4, 0.5) is 0 Å². The number of carbonyl (C=O) groups excluding carboxylic acids is 1. The molecule has 0 atom stereocenters. The molecule has 0 bridgehead atoms. The summed E-state index contributed by atoms with van der Waals surface area (Å²) in [6, 6.07) is 10.7. The standard InChI is InChI=1S/C17H15ClN2O3S/c1-11-15(24-17(20-11)14-7-4-8-22-14)9-19-16(21)10-23-13-6-3-2-5-12(13)18/h2-8H,9-10H2,1H3,(H,19,21). The number of ether oxygens (including phenoxy) is 1. The lowest BCUT2D eigenvalue weighted by Gasteiger charge is -2.08. The zero-order valence-corrected chi connectivity index (χ0v) is 14.5. The first-order valence-electron chi connectivity index (χ1n) is 7.27. The summed E-state index contributed by atoms with van der Waals surface area (Å²) in [5.74, 6) is 0.994. The summed E-state index contributed by atoms with van der Waals surface area (Å²) in [7, 11) is 0. The molecule has 0 saturated carbocycles. The number of amides is 1. The maximum Gasteiger partial charge on any atom is 0.258 e. The molecule has 7 heteroatoms. The zero-order valence-electron chi connectivity index (χ0n) is 12.9. The number of carbonyl (C=O) groups is 1. The number of nitrogens with zero attached hydrogens (tertiary/aromatic N) is 1. The van der Waals surface area contributed by atoms with Crippen LogP contribution in [0.1, 0.15) is 10.6 Å². The predicted molar refractivity (Wildman–Crippen MR) is 93.3 cm³/mol. The van der Waals surface area contributed by atoms with Crippen LogP contribution in [0.15, 0.2) is 47.1 Å². The van der Waals surface area contributed by atoms with E-state index in [4.69, 9.17) is 20.8 Å². The number of aryl methyl sites for hydroxylation is 1. The van der Waals surface area contributed by atoms with Crippen LogP contribution in [-0.4, -0.2) is 17.5 Å². The van der Waals surface area contributed by atoms with E-state index in [0.717, 1.165) is 21.3 Å². The van der Waals surface area contributed by atoms with Gasteiger partial charge in [-0.1, -0.05) is 23.7 Å². The second-order valence-electron chi connectivity index (χ2n) is 5.00. The Kier molecular flexibility index (Phi) is 5.17. The number of furan rings is 1. The van der Waals surface area contributed by atoms with Gasteiger partial charge in [-0.2, -0.15) is 0 Å². The second-order valence-corrected chi connectivity index (χ2v) is 6.49. The Hall–Kier alpha value is -2.31. The van der Waals surface area contributed by atoms with E-state index in [1.54, 1.807) is 30.5 Å². The molecule has 1 aromatic carbocycles. The van der Waals surface area contributed by atoms with Gasteiger partial charge in [-0.05, 0) is 31.2 Å². The van der Waals surface area contributed by atoms with Gasteiger partial charge in [0.15, 0.2) is 17.4 Å². The number of para-hydroxylation sites is 1. The predicted octanol–water partition coefficient (Wildman–Crippen LogP) is 4.06. The lowest BCUT2D eigenvalue weighted by Crippen LogP contribution is -2.28. The van der Waals surface area contributed by atoms with E-state index in [9.17, 15) is 4.79 Å². The van der Waals surface area contributed by atoms with Gasteiger partial charge in [0.2, 0.25) is 0 Å². The number of thiazole rings is 1. The molecule has 3 rings (SSSR count). The molecule has 0 spiro atoms. The van der Waals surface area contributed by atoms with E-state index in [1.807, 2.05) is 19.1 Å². The first-order valence-corrected chi connectivity index (χ1v) is 8.47. The Morgan fingerprint density at radius 3 is 2.92 bits per heavy atom. The SMILES string of the molecule is Cc1nc(-c2ccco2)sc1CNC(=O)COc1ccccc1Cl. The maximum absolute atomic E-state index is 11.9. The molecule has 1 N–H and O–H groups in total. The van der Waals surface area contributed by atoms with Crippen molar-refractivity contribution in [3.63, 3.8) is 0 Å². The van der Waals surface area contributed by atoms with Crippen molar-refractivity contribution in [2.24, 2.45) is 0 Å². The number of hydrogen-bond acceptors (Lipinski definition) is 5. The van der Waals surface area contributed by atoms with Crippen LogP contribution in [0.2, 0.25) is 5.02 Å². The van der Waals surface area contributed by atoms with Gasteiger partial charge >= 0.3 is 0 Å². The van der Waals surface area contributed by atoms with Gasteiger partial charge in [0, 0.05) is 4.88 Å². The molecule has 5 nitrogen and oxygen atoms in total.